The predicted molar refractivity (Wildman–Crippen MR) is 122 cm³/mol. The summed E-state index contributed by atoms with van der Waals surface area (Å²) in [6, 6.07) is 12.6. The maximum absolute atomic E-state index is 11.9. The number of rotatable bonds is 5. The molecule has 0 spiro atoms. The van der Waals surface area contributed by atoms with Gasteiger partial charge in [-0.2, -0.15) is 5.10 Å². The summed E-state index contributed by atoms with van der Waals surface area (Å²) in [5.74, 6) is 0.494. The number of esters is 1. The van der Waals surface area contributed by atoms with E-state index >= 15 is 0 Å². The molecule has 2 heterocycles. The van der Waals surface area contributed by atoms with Crippen molar-refractivity contribution in [3.63, 3.8) is 0 Å². The van der Waals surface area contributed by atoms with E-state index in [0.29, 0.717) is 38.2 Å². The van der Waals surface area contributed by atoms with Crippen LogP contribution >= 0.6 is 11.3 Å². The van der Waals surface area contributed by atoms with E-state index in [9.17, 15) is 9.90 Å². The first-order valence-corrected chi connectivity index (χ1v) is 10.5. The molecule has 8 nitrogen and oxygen atoms in total. The molecule has 4 aromatic rings. The van der Waals surface area contributed by atoms with Crippen molar-refractivity contribution < 1.29 is 23.8 Å². The van der Waals surface area contributed by atoms with Crippen molar-refractivity contribution in [2.45, 2.75) is 13.8 Å². The monoisotopic (exact) mass is 451 g/mol. The molecule has 0 bridgehead atoms. The number of fused-ring (bicyclic) bond motifs is 1. The Labute approximate surface area is 187 Å². The lowest BCUT2D eigenvalue weighted by Gasteiger charge is -2.08. The summed E-state index contributed by atoms with van der Waals surface area (Å²) in [5.41, 5.74) is 5.93. The number of carbonyl (C=O) groups is 1. The summed E-state index contributed by atoms with van der Waals surface area (Å²) in [7, 11) is 2.82. The van der Waals surface area contributed by atoms with Crippen LogP contribution in [0, 0.1) is 13.8 Å². The molecule has 2 aromatic heterocycles. The second kappa shape index (κ2) is 8.72. The van der Waals surface area contributed by atoms with Crippen LogP contribution in [-0.2, 0) is 4.74 Å². The first-order valence-electron chi connectivity index (χ1n) is 9.67. The van der Waals surface area contributed by atoms with Crippen molar-refractivity contribution >= 4 is 33.4 Å². The molecule has 0 saturated carbocycles. The molecule has 0 saturated heterocycles. The number of hydrogen-bond donors (Lipinski definition) is 2. The Hall–Kier alpha value is -3.85. The van der Waals surface area contributed by atoms with Gasteiger partial charge in [0.25, 0.3) is 0 Å². The van der Waals surface area contributed by atoms with Gasteiger partial charge in [-0.25, -0.2) is 9.78 Å². The second-order valence-electron chi connectivity index (χ2n) is 7.03. The first kappa shape index (κ1) is 21.4. The van der Waals surface area contributed by atoms with Gasteiger partial charge < -0.3 is 19.0 Å². The van der Waals surface area contributed by atoms with Crippen LogP contribution in [0.15, 0.2) is 52.0 Å². The van der Waals surface area contributed by atoms with Crippen molar-refractivity contribution in [3.05, 3.63) is 64.0 Å². The van der Waals surface area contributed by atoms with E-state index in [4.69, 9.17) is 13.9 Å². The topological polar surface area (TPSA) is 106 Å². The number of phenolic OH excluding ortho intramolecular Hbond substituents is 1. The highest BCUT2D eigenvalue weighted by Gasteiger charge is 2.15. The number of aromatic hydroxyl groups is 1. The Kier molecular flexibility index (Phi) is 5.83. The molecule has 0 atom stereocenters. The van der Waals surface area contributed by atoms with Crippen LogP contribution in [0.4, 0.5) is 5.13 Å². The van der Waals surface area contributed by atoms with Crippen molar-refractivity contribution in [2.24, 2.45) is 5.10 Å². The first-order chi connectivity index (χ1) is 15.4. The van der Waals surface area contributed by atoms with E-state index in [1.165, 1.54) is 25.6 Å². The van der Waals surface area contributed by atoms with Crippen LogP contribution in [0.2, 0.25) is 0 Å². The number of aromatic nitrogens is 1. The van der Waals surface area contributed by atoms with E-state index in [1.807, 2.05) is 25.1 Å². The normalized spacial score (nSPS) is 11.6. The van der Waals surface area contributed by atoms with E-state index in [-0.39, 0.29) is 5.75 Å². The molecule has 0 aliphatic carbocycles. The molecule has 0 fully saturated rings. The highest BCUT2D eigenvalue weighted by atomic mass is 32.1. The fourth-order valence-electron chi connectivity index (χ4n) is 3.18. The van der Waals surface area contributed by atoms with Crippen LogP contribution in [0.3, 0.4) is 0 Å². The molecule has 0 aliphatic heterocycles. The van der Waals surface area contributed by atoms with Crippen molar-refractivity contribution in [2.75, 3.05) is 19.6 Å². The summed E-state index contributed by atoms with van der Waals surface area (Å²) >= 11 is 1.17. The number of nitrogens with one attached hydrogen (secondary N) is 1. The van der Waals surface area contributed by atoms with Crippen molar-refractivity contribution in [3.8, 4) is 22.8 Å². The van der Waals surface area contributed by atoms with Crippen molar-refractivity contribution in [1.82, 2.24) is 4.98 Å². The molecule has 2 aromatic carbocycles. The molecule has 0 aliphatic rings. The maximum atomic E-state index is 11.9. The molecule has 2 N–H and O–H groups in total. The van der Waals surface area contributed by atoms with E-state index in [2.05, 4.69) is 15.5 Å². The number of aryl methyl sites for hydroxylation is 2. The quantitative estimate of drug-likeness (QED) is 0.337. The van der Waals surface area contributed by atoms with Gasteiger partial charge in [0.1, 0.15) is 16.2 Å². The van der Waals surface area contributed by atoms with Gasteiger partial charge in [0.15, 0.2) is 11.5 Å². The number of methoxy groups -OCH3 is 2. The summed E-state index contributed by atoms with van der Waals surface area (Å²) in [6.45, 7) is 3.73. The van der Waals surface area contributed by atoms with E-state index in [1.54, 1.807) is 31.2 Å². The summed E-state index contributed by atoms with van der Waals surface area (Å²) < 4.78 is 16.1. The highest BCUT2D eigenvalue weighted by Crippen LogP contribution is 2.32. The Morgan fingerprint density at radius 3 is 2.72 bits per heavy atom. The standard InChI is InChI=1S/C23H21N3O5S/c1-12-5-8-18-15(9-12)16(25-26-23-24-13(2)21(32-23)22(28)30-4)11-19(31-18)14-6-7-17(27)20(10-14)29-3/h5-11,27H,1-4H3,(H,24,26). The van der Waals surface area contributed by atoms with Crippen LogP contribution in [0.1, 0.15) is 20.9 Å². The number of carbonyl (C=O) groups excluding carboxylic acids is 1. The molecule has 4 rings (SSSR count). The molecule has 0 amide bonds. The zero-order chi connectivity index (χ0) is 22.8. The molecule has 0 radical (unpaired) electrons. The SMILES string of the molecule is COC(=O)c1sc(NN=c2cc(-c3ccc(O)c(OC)c3)oc3ccc(C)cc23)nc1C. The lowest BCUT2D eigenvalue weighted by molar-refractivity contribution is 0.0605. The molecule has 0 unspecified atom stereocenters. The Morgan fingerprint density at radius 2 is 1.97 bits per heavy atom. The zero-order valence-corrected chi connectivity index (χ0v) is 18.7. The van der Waals surface area contributed by atoms with Crippen LogP contribution in [0.25, 0.3) is 22.3 Å². The largest absolute Gasteiger partial charge is 0.504 e. The number of hydrogen-bond acceptors (Lipinski definition) is 9. The van der Waals surface area contributed by atoms with Gasteiger partial charge in [-0.15, -0.1) is 0 Å². The highest BCUT2D eigenvalue weighted by molar-refractivity contribution is 7.17. The number of anilines is 1. The number of nitrogens with zero attached hydrogens (tertiary/aromatic N) is 2. The number of phenols is 1. The van der Waals surface area contributed by atoms with Crippen LogP contribution in [-0.4, -0.2) is 30.3 Å². The summed E-state index contributed by atoms with van der Waals surface area (Å²) in [4.78, 5) is 16.6. The van der Waals surface area contributed by atoms with Gasteiger partial charge in [-0.05, 0) is 44.2 Å². The number of ether oxygens (including phenoxy) is 2. The van der Waals surface area contributed by atoms with Crippen molar-refractivity contribution in [1.29, 1.82) is 0 Å². The average Bonchev–Trinajstić information content (AvgIpc) is 3.17. The fourth-order valence-corrected chi connectivity index (χ4v) is 4.01. The van der Waals surface area contributed by atoms with Gasteiger partial charge in [0.05, 0.1) is 25.3 Å². The van der Waals surface area contributed by atoms with E-state index < -0.39 is 5.97 Å². The molecular formula is C23H21N3O5S. The number of thiazole rings is 1. The van der Waals surface area contributed by atoms with Gasteiger partial charge in [0, 0.05) is 17.0 Å². The molecule has 32 heavy (non-hydrogen) atoms. The summed E-state index contributed by atoms with van der Waals surface area (Å²) in [6.07, 6.45) is 0. The Morgan fingerprint density at radius 1 is 1.16 bits per heavy atom. The third-order valence-corrected chi connectivity index (χ3v) is 5.84. The molecule has 9 heteroatoms. The third-order valence-electron chi connectivity index (χ3n) is 4.80. The van der Waals surface area contributed by atoms with Gasteiger partial charge in [-0.1, -0.05) is 23.0 Å². The zero-order valence-electron chi connectivity index (χ0n) is 17.9. The van der Waals surface area contributed by atoms with Gasteiger partial charge in [-0.3, -0.25) is 5.43 Å². The van der Waals surface area contributed by atoms with E-state index in [0.717, 1.165) is 16.5 Å². The summed E-state index contributed by atoms with van der Waals surface area (Å²) in [5, 5.41) is 16.4. The Balaban J connectivity index is 1.82. The minimum absolute atomic E-state index is 0.0415. The molecule has 164 valence electrons. The Bertz CT molecular complexity index is 1390. The lowest BCUT2D eigenvalue weighted by Crippen LogP contribution is -2.07. The maximum Gasteiger partial charge on any atom is 0.350 e. The minimum atomic E-state index is -0.434. The predicted octanol–water partition coefficient (Wildman–Crippen LogP) is 4.60. The fraction of sp³-hybridized carbons (Fsp3) is 0.174. The van der Waals surface area contributed by atoms with Gasteiger partial charge >= 0.3 is 5.97 Å². The smallest absolute Gasteiger partial charge is 0.350 e. The molecular weight excluding hydrogens is 430 g/mol. The van der Waals surface area contributed by atoms with Gasteiger partial charge in [0.2, 0.25) is 5.13 Å². The second-order valence-corrected chi connectivity index (χ2v) is 8.03. The van der Waals surface area contributed by atoms with Crippen LogP contribution in [0.5, 0.6) is 11.5 Å². The van der Waals surface area contributed by atoms with Crippen LogP contribution < -0.4 is 15.5 Å². The average molecular weight is 452 g/mol. The third kappa shape index (κ3) is 4.15. The lowest BCUT2D eigenvalue weighted by atomic mass is 10.1. The minimum Gasteiger partial charge on any atom is -0.504 e. The number of benzene rings is 2.